The van der Waals surface area contributed by atoms with E-state index in [1.807, 2.05) is 12.1 Å². The number of rotatable bonds is 0. The highest BCUT2D eigenvalue weighted by molar-refractivity contribution is 6.08. The minimum atomic E-state index is 0.809. The van der Waals surface area contributed by atoms with E-state index in [9.17, 15) is 0 Å². The smallest absolute Gasteiger partial charge is 0.0320 e. The van der Waals surface area contributed by atoms with E-state index < -0.39 is 0 Å². The fraction of sp³-hybridized carbons (Fsp3) is 0.0435. The van der Waals surface area contributed by atoms with Crippen LogP contribution in [0.5, 0.6) is 0 Å². The molecule has 0 atom stereocenters. The first-order valence-corrected chi connectivity index (χ1v) is 8.23. The zero-order chi connectivity index (χ0) is 16.3. The third-order valence-corrected chi connectivity index (χ3v) is 4.89. The van der Waals surface area contributed by atoms with E-state index in [1.54, 1.807) is 0 Å². The first kappa shape index (κ1) is 13.4. The molecule has 0 aliphatic carbocycles. The van der Waals surface area contributed by atoms with E-state index in [0.717, 1.165) is 5.69 Å². The molecular weight excluding hydrogens is 290 g/mol. The van der Waals surface area contributed by atoms with Crippen LogP contribution in [0.2, 0.25) is 0 Å². The van der Waals surface area contributed by atoms with E-state index in [0.29, 0.717) is 0 Å². The standard InChI is InChI=1S/C23H17N/c1-14-2-3-15-7-18-11-21-12-22-13-23(24)5-4-16(22)8-19(21)10-20(18)9-17(15)6-14/h2-13H,24H2,1H3. The molecule has 1 heteroatoms. The summed E-state index contributed by atoms with van der Waals surface area (Å²) in [4.78, 5) is 0. The number of anilines is 1. The molecule has 24 heavy (non-hydrogen) atoms. The predicted octanol–water partition coefficient (Wildman–Crippen LogP) is 6.19. The number of hydrogen-bond acceptors (Lipinski definition) is 1. The van der Waals surface area contributed by atoms with Crippen LogP contribution in [0.4, 0.5) is 5.69 Å². The molecule has 0 aromatic heterocycles. The van der Waals surface area contributed by atoms with Crippen molar-refractivity contribution in [1.82, 2.24) is 0 Å². The SMILES string of the molecule is Cc1ccc2cc3cc4cc5cc(N)ccc5cc4cc3cc2c1. The number of nitrogens with two attached hydrogens (primary N) is 1. The maximum absolute atomic E-state index is 5.93. The molecule has 0 amide bonds. The van der Waals surface area contributed by atoms with Crippen LogP contribution in [0, 0.1) is 6.92 Å². The molecule has 0 unspecified atom stereocenters. The Bertz CT molecular complexity index is 1160. The Kier molecular flexibility index (Phi) is 2.63. The van der Waals surface area contributed by atoms with E-state index in [-0.39, 0.29) is 0 Å². The molecule has 0 saturated carbocycles. The molecule has 2 N–H and O–H groups in total. The molecule has 0 aliphatic heterocycles. The third-order valence-electron chi connectivity index (χ3n) is 4.89. The highest BCUT2D eigenvalue weighted by Crippen LogP contribution is 2.31. The summed E-state index contributed by atoms with van der Waals surface area (Å²) in [6.45, 7) is 2.14. The number of fused-ring (bicyclic) bond motifs is 4. The third kappa shape index (κ3) is 2.02. The molecule has 0 radical (unpaired) electrons. The lowest BCUT2D eigenvalue weighted by molar-refractivity contribution is 1.51. The van der Waals surface area contributed by atoms with E-state index >= 15 is 0 Å². The second kappa shape index (κ2) is 4.72. The van der Waals surface area contributed by atoms with Crippen LogP contribution in [0.25, 0.3) is 43.1 Å². The molecule has 5 aromatic rings. The quantitative estimate of drug-likeness (QED) is 0.268. The Hall–Kier alpha value is -3.06. The van der Waals surface area contributed by atoms with Gasteiger partial charge in [-0.1, -0.05) is 29.8 Å². The lowest BCUT2D eigenvalue weighted by Gasteiger charge is -2.08. The van der Waals surface area contributed by atoms with Crippen LogP contribution in [0.1, 0.15) is 5.56 Å². The van der Waals surface area contributed by atoms with Gasteiger partial charge in [-0.3, -0.25) is 0 Å². The van der Waals surface area contributed by atoms with Crippen molar-refractivity contribution < 1.29 is 0 Å². The van der Waals surface area contributed by atoms with Crippen molar-refractivity contribution in [2.45, 2.75) is 6.92 Å². The second-order valence-electron chi connectivity index (χ2n) is 6.71. The number of nitrogen functional groups attached to an aromatic ring is 1. The van der Waals surface area contributed by atoms with Crippen LogP contribution in [0.3, 0.4) is 0 Å². The summed E-state index contributed by atoms with van der Waals surface area (Å²) in [7, 11) is 0. The summed E-state index contributed by atoms with van der Waals surface area (Å²) in [5.74, 6) is 0. The summed E-state index contributed by atoms with van der Waals surface area (Å²) < 4.78 is 0. The van der Waals surface area contributed by atoms with Gasteiger partial charge >= 0.3 is 0 Å². The average Bonchev–Trinajstić information content (AvgIpc) is 2.56. The summed E-state index contributed by atoms with van der Waals surface area (Å²) in [6.07, 6.45) is 0. The van der Waals surface area contributed by atoms with Gasteiger partial charge in [0.05, 0.1) is 0 Å². The van der Waals surface area contributed by atoms with E-state index in [1.165, 1.54) is 48.7 Å². The van der Waals surface area contributed by atoms with Crippen molar-refractivity contribution in [3.63, 3.8) is 0 Å². The van der Waals surface area contributed by atoms with Crippen molar-refractivity contribution >= 4 is 48.8 Å². The van der Waals surface area contributed by atoms with Crippen LogP contribution < -0.4 is 5.73 Å². The van der Waals surface area contributed by atoms with Gasteiger partial charge in [0, 0.05) is 5.69 Å². The lowest BCUT2D eigenvalue weighted by atomic mass is 9.97. The molecule has 0 heterocycles. The maximum atomic E-state index is 5.93. The van der Waals surface area contributed by atoms with Gasteiger partial charge in [-0.05, 0) is 98.5 Å². The van der Waals surface area contributed by atoms with Gasteiger partial charge in [0.2, 0.25) is 0 Å². The van der Waals surface area contributed by atoms with Crippen LogP contribution in [-0.2, 0) is 0 Å². The van der Waals surface area contributed by atoms with Crippen LogP contribution in [-0.4, -0.2) is 0 Å². The summed E-state index contributed by atoms with van der Waals surface area (Å²) in [5, 5.41) is 10.1. The Morgan fingerprint density at radius 1 is 0.458 bits per heavy atom. The Morgan fingerprint density at radius 3 is 1.46 bits per heavy atom. The zero-order valence-corrected chi connectivity index (χ0v) is 13.5. The van der Waals surface area contributed by atoms with E-state index in [4.69, 9.17) is 5.73 Å². The molecule has 5 aromatic carbocycles. The maximum Gasteiger partial charge on any atom is 0.0320 e. The van der Waals surface area contributed by atoms with Gasteiger partial charge in [0.1, 0.15) is 0 Å². The first-order valence-electron chi connectivity index (χ1n) is 8.23. The highest BCUT2D eigenvalue weighted by atomic mass is 14.5. The van der Waals surface area contributed by atoms with Gasteiger partial charge < -0.3 is 5.73 Å². The number of hydrogen-bond donors (Lipinski definition) is 1. The first-order chi connectivity index (χ1) is 11.7. The van der Waals surface area contributed by atoms with Crippen molar-refractivity contribution in [3.05, 3.63) is 78.4 Å². The molecule has 1 nitrogen and oxygen atoms in total. The van der Waals surface area contributed by atoms with Crippen molar-refractivity contribution in [1.29, 1.82) is 0 Å². The highest BCUT2D eigenvalue weighted by Gasteiger charge is 2.04. The molecular formula is C23H17N. The fourth-order valence-electron chi connectivity index (χ4n) is 3.64. The van der Waals surface area contributed by atoms with Crippen molar-refractivity contribution in [3.8, 4) is 0 Å². The average molecular weight is 307 g/mol. The van der Waals surface area contributed by atoms with Gasteiger partial charge in [0.15, 0.2) is 0 Å². The Morgan fingerprint density at radius 2 is 0.875 bits per heavy atom. The van der Waals surface area contributed by atoms with Crippen LogP contribution >= 0.6 is 0 Å². The predicted molar refractivity (Wildman–Crippen MR) is 106 cm³/mol. The minimum absolute atomic E-state index is 0.809. The van der Waals surface area contributed by atoms with E-state index in [2.05, 4.69) is 67.6 Å². The Labute approximate surface area is 140 Å². The van der Waals surface area contributed by atoms with Gasteiger partial charge in [-0.15, -0.1) is 0 Å². The molecule has 0 fully saturated rings. The Balaban J connectivity index is 1.88. The monoisotopic (exact) mass is 307 g/mol. The lowest BCUT2D eigenvalue weighted by Crippen LogP contribution is -1.84. The fourth-order valence-corrected chi connectivity index (χ4v) is 3.64. The minimum Gasteiger partial charge on any atom is -0.399 e. The number of aryl methyl sites for hydroxylation is 1. The largest absolute Gasteiger partial charge is 0.399 e. The normalized spacial score (nSPS) is 11.7. The molecule has 0 aliphatic rings. The molecule has 114 valence electrons. The summed E-state index contributed by atoms with van der Waals surface area (Å²) in [5.41, 5.74) is 8.04. The van der Waals surface area contributed by atoms with Gasteiger partial charge in [-0.2, -0.15) is 0 Å². The summed E-state index contributed by atoms with van der Waals surface area (Å²) in [6, 6.07) is 26.4. The van der Waals surface area contributed by atoms with Crippen LogP contribution in [0.15, 0.2) is 72.8 Å². The molecule has 0 saturated heterocycles. The van der Waals surface area contributed by atoms with Gasteiger partial charge in [-0.25, -0.2) is 0 Å². The molecule has 0 bridgehead atoms. The zero-order valence-electron chi connectivity index (χ0n) is 13.5. The van der Waals surface area contributed by atoms with Crippen molar-refractivity contribution in [2.24, 2.45) is 0 Å². The molecule has 5 rings (SSSR count). The summed E-state index contributed by atoms with van der Waals surface area (Å²) >= 11 is 0. The number of benzene rings is 5. The van der Waals surface area contributed by atoms with Crippen molar-refractivity contribution in [2.75, 3.05) is 5.73 Å². The second-order valence-corrected chi connectivity index (χ2v) is 6.71. The van der Waals surface area contributed by atoms with Gasteiger partial charge in [0.25, 0.3) is 0 Å². The molecule has 0 spiro atoms. The topological polar surface area (TPSA) is 26.0 Å².